The topological polar surface area (TPSA) is 15.3 Å². The summed E-state index contributed by atoms with van der Waals surface area (Å²) in [5.74, 6) is 1.19. The first-order valence-electron chi connectivity index (χ1n) is 6.81. The Bertz CT molecular complexity index is 392. The third-order valence-electron chi connectivity index (χ3n) is 3.76. The lowest BCUT2D eigenvalue weighted by atomic mass is 10.1. The summed E-state index contributed by atoms with van der Waals surface area (Å²) in [6, 6.07) is 7.46. The molecule has 1 N–H and O–H groups in total. The minimum atomic E-state index is 0.680. The SMILES string of the molecule is Cc1ccc(SCCN2CCNC[C@H]2C)cc1C. The molecule has 1 heterocycles. The maximum absolute atomic E-state index is 3.44. The number of hydrogen-bond acceptors (Lipinski definition) is 3. The highest BCUT2D eigenvalue weighted by atomic mass is 32.2. The van der Waals surface area contributed by atoms with Gasteiger partial charge in [0.15, 0.2) is 0 Å². The van der Waals surface area contributed by atoms with E-state index in [1.54, 1.807) is 0 Å². The molecule has 1 atom stereocenters. The molecule has 1 fully saturated rings. The van der Waals surface area contributed by atoms with Gasteiger partial charge in [0.05, 0.1) is 0 Å². The van der Waals surface area contributed by atoms with E-state index in [-0.39, 0.29) is 0 Å². The molecule has 0 aliphatic carbocycles. The van der Waals surface area contributed by atoms with Crippen LogP contribution in [-0.4, -0.2) is 42.9 Å². The van der Waals surface area contributed by atoms with Crippen molar-refractivity contribution < 1.29 is 0 Å². The van der Waals surface area contributed by atoms with E-state index >= 15 is 0 Å². The number of aryl methyl sites for hydroxylation is 2. The minimum absolute atomic E-state index is 0.680. The average Bonchev–Trinajstić information content (AvgIpc) is 2.36. The first-order valence-corrected chi connectivity index (χ1v) is 7.80. The van der Waals surface area contributed by atoms with E-state index in [1.165, 1.54) is 34.9 Å². The second-order valence-corrected chi connectivity index (χ2v) is 6.35. The Hall–Kier alpha value is -0.510. The summed E-state index contributed by atoms with van der Waals surface area (Å²) >= 11 is 1.98. The van der Waals surface area contributed by atoms with Gasteiger partial charge < -0.3 is 5.32 Å². The van der Waals surface area contributed by atoms with Crippen LogP contribution in [-0.2, 0) is 0 Å². The van der Waals surface area contributed by atoms with Crippen LogP contribution in [0.25, 0.3) is 0 Å². The number of piperazine rings is 1. The molecule has 100 valence electrons. The fourth-order valence-electron chi connectivity index (χ4n) is 2.30. The first kappa shape index (κ1) is 13.9. The predicted molar refractivity (Wildman–Crippen MR) is 80.5 cm³/mol. The van der Waals surface area contributed by atoms with Gasteiger partial charge in [0, 0.05) is 42.9 Å². The second kappa shape index (κ2) is 6.60. The summed E-state index contributed by atoms with van der Waals surface area (Å²) in [7, 11) is 0. The molecule has 0 bridgehead atoms. The summed E-state index contributed by atoms with van der Waals surface area (Å²) in [6.45, 7) is 11.3. The van der Waals surface area contributed by atoms with Crippen LogP contribution in [0.5, 0.6) is 0 Å². The maximum atomic E-state index is 3.44. The Labute approximate surface area is 115 Å². The molecule has 0 amide bonds. The van der Waals surface area contributed by atoms with Crippen molar-refractivity contribution in [2.24, 2.45) is 0 Å². The van der Waals surface area contributed by atoms with Crippen LogP contribution in [0, 0.1) is 13.8 Å². The summed E-state index contributed by atoms with van der Waals surface area (Å²) < 4.78 is 0. The lowest BCUT2D eigenvalue weighted by Gasteiger charge is -2.33. The van der Waals surface area contributed by atoms with Crippen molar-refractivity contribution in [1.29, 1.82) is 0 Å². The fraction of sp³-hybridized carbons (Fsp3) is 0.600. The molecule has 18 heavy (non-hydrogen) atoms. The van der Waals surface area contributed by atoms with Gasteiger partial charge >= 0.3 is 0 Å². The maximum Gasteiger partial charge on any atom is 0.0193 e. The van der Waals surface area contributed by atoms with Gasteiger partial charge in [-0.05, 0) is 44.0 Å². The van der Waals surface area contributed by atoms with Crippen molar-refractivity contribution in [3.63, 3.8) is 0 Å². The molecule has 1 saturated heterocycles. The molecule has 0 unspecified atom stereocenters. The lowest BCUT2D eigenvalue weighted by Crippen LogP contribution is -2.50. The monoisotopic (exact) mass is 264 g/mol. The van der Waals surface area contributed by atoms with Crippen LogP contribution in [0.4, 0.5) is 0 Å². The normalized spacial score (nSPS) is 21.2. The van der Waals surface area contributed by atoms with Crippen molar-refractivity contribution in [1.82, 2.24) is 10.2 Å². The number of nitrogens with zero attached hydrogens (tertiary/aromatic N) is 1. The predicted octanol–water partition coefficient (Wildman–Crippen LogP) is 2.69. The molecule has 1 aliphatic rings. The number of nitrogens with one attached hydrogen (secondary N) is 1. The van der Waals surface area contributed by atoms with E-state index in [9.17, 15) is 0 Å². The number of rotatable bonds is 4. The van der Waals surface area contributed by atoms with E-state index in [0.29, 0.717) is 6.04 Å². The van der Waals surface area contributed by atoms with Gasteiger partial charge in [-0.3, -0.25) is 4.90 Å². The largest absolute Gasteiger partial charge is 0.314 e. The number of benzene rings is 1. The van der Waals surface area contributed by atoms with Crippen molar-refractivity contribution in [3.05, 3.63) is 29.3 Å². The van der Waals surface area contributed by atoms with E-state index in [2.05, 4.69) is 49.2 Å². The number of thioether (sulfide) groups is 1. The quantitative estimate of drug-likeness (QED) is 0.842. The summed E-state index contributed by atoms with van der Waals surface area (Å²) in [4.78, 5) is 3.99. The third kappa shape index (κ3) is 3.74. The van der Waals surface area contributed by atoms with E-state index < -0.39 is 0 Å². The van der Waals surface area contributed by atoms with Crippen LogP contribution in [0.15, 0.2) is 23.1 Å². The molecule has 0 radical (unpaired) electrons. The molecular formula is C15H24N2S. The van der Waals surface area contributed by atoms with Crippen molar-refractivity contribution in [2.75, 3.05) is 31.9 Å². The highest BCUT2D eigenvalue weighted by molar-refractivity contribution is 7.99. The van der Waals surface area contributed by atoms with Gasteiger partial charge in [-0.2, -0.15) is 0 Å². The zero-order valence-electron chi connectivity index (χ0n) is 11.7. The molecule has 0 aromatic heterocycles. The summed E-state index contributed by atoms with van der Waals surface area (Å²) in [5.41, 5.74) is 2.78. The summed E-state index contributed by atoms with van der Waals surface area (Å²) in [6.07, 6.45) is 0. The summed E-state index contributed by atoms with van der Waals surface area (Å²) in [5, 5.41) is 3.44. The second-order valence-electron chi connectivity index (χ2n) is 5.18. The van der Waals surface area contributed by atoms with Gasteiger partial charge in [-0.25, -0.2) is 0 Å². The molecule has 3 heteroatoms. The van der Waals surface area contributed by atoms with Crippen LogP contribution in [0.3, 0.4) is 0 Å². The van der Waals surface area contributed by atoms with Gasteiger partial charge in [0.2, 0.25) is 0 Å². The van der Waals surface area contributed by atoms with Crippen LogP contribution >= 0.6 is 11.8 Å². The van der Waals surface area contributed by atoms with Crippen molar-refractivity contribution in [3.8, 4) is 0 Å². The van der Waals surface area contributed by atoms with E-state index in [4.69, 9.17) is 0 Å². The Morgan fingerprint density at radius 3 is 2.89 bits per heavy atom. The van der Waals surface area contributed by atoms with Gasteiger partial charge in [0.1, 0.15) is 0 Å². The molecule has 0 saturated carbocycles. The molecule has 1 aromatic rings. The smallest absolute Gasteiger partial charge is 0.0193 e. The van der Waals surface area contributed by atoms with Crippen LogP contribution in [0.2, 0.25) is 0 Å². The number of hydrogen-bond donors (Lipinski definition) is 1. The van der Waals surface area contributed by atoms with Gasteiger partial charge in [0.25, 0.3) is 0 Å². The average molecular weight is 264 g/mol. The van der Waals surface area contributed by atoms with Gasteiger partial charge in [-0.1, -0.05) is 6.07 Å². The molecular weight excluding hydrogens is 240 g/mol. The Kier molecular flexibility index (Phi) is 5.10. The van der Waals surface area contributed by atoms with E-state index in [0.717, 1.165) is 13.1 Å². The van der Waals surface area contributed by atoms with Crippen LogP contribution < -0.4 is 5.32 Å². The molecule has 1 aromatic carbocycles. The molecule has 2 rings (SSSR count). The standard InChI is InChI=1S/C15H24N2S/c1-12-4-5-15(10-13(12)2)18-9-8-17-7-6-16-11-14(17)3/h4-5,10,14,16H,6-9,11H2,1-3H3/t14-/m1/s1. The highest BCUT2D eigenvalue weighted by Gasteiger charge is 2.16. The van der Waals surface area contributed by atoms with Crippen molar-refractivity contribution in [2.45, 2.75) is 31.7 Å². The lowest BCUT2D eigenvalue weighted by molar-refractivity contribution is 0.184. The Morgan fingerprint density at radius 1 is 1.33 bits per heavy atom. The zero-order valence-corrected chi connectivity index (χ0v) is 12.5. The minimum Gasteiger partial charge on any atom is -0.314 e. The highest BCUT2D eigenvalue weighted by Crippen LogP contribution is 2.21. The van der Waals surface area contributed by atoms with Gasteiger partial charge in [-0.15, -0.1) is 11.8 Å². The molecule has 1 aliphatic heterocycles. The molecule has 2 nitrogen and oxygen atoms in total. The Balaban J connectivity index is 1.79. The first-order chi connectivity index (χ1) is 8.66. The third-order valence-corrected chi connectivity index (χ3v) is 4.74. The Morgan fingerprint density at radius 2 is 2.17 bits per heavy atom. The van der Waals surface area contributed by atoms with Crippen LogP contribution in [0.1, 0.15) is 18.1 Å². The van der Waals surface area contributed by atoms with Crippen molar-refractivity contribution >= 4 is 11.8 Å². The van der Waals surface area contributed by atoms with E-state index in [1.807, 2.05) is 11.8 Å². The zero-order chi connectivity index (χ0) is 13.0. The molecule has 0 spiro atoms. The fourth-order valence-corrected chi connectivity index (χ4v) is 3.29.